The first-order valence-electron chi connectivity index (χ1n) is 8.05. The predicted octanol–water partition coefficient (Wildman–Crippen LogP) is 2.48. The molecule has 0 bridgehead atoms. The molecule has 1 aromatic carbocycles. The van der Waals surface area contributed by atoms with Gasteiger partial charge in [-0.15, -0.1) is 0 Å². The van der Waals surface area contributed by atoms with Gasteiger partial charge < -0.3 is 15.7 Å². The third-order valence-electron chi connectivity index (χ3n) is 4.23. The van der Waals surface area contributed by atoms with E-state index in [2.05, 4.69) is 15.6 Å². The number of amides is 1. The summed E-state index contributed by atoms with van der Waals surface area (Å²) < 4.78 is 0. The molecule has 0 atom stereocenters. The molecule has 2 aromatic rings. The van der Waals surface area contributed by atoms with Gasteiger partial charge in [0, 0.05) is 19.8 Å². The zero-order valence-corrected chi connectivity index (χ0v) is 14.7. The van der Waals surface area contributed by atoms with Crippen molar-refractivity contribution in [2.75, 3.05) is 25.5 Å². The van der Waals surface area contributed by atoms with Gasteiger partial charge in [0.15, 0.2) is 0 Å². The zero-order chi connectivity index (χ0) is 17.7. The van der Waals surface area contributed by atoms with Crippen LogP contribution in [0, 0.1) is 6.92 Å². The Hall–Kier alpha value is -2.40. The van der Waals surface area contributed by atoms with Gasteiger partial charge in [-0.25, -0.2) is 4.98 Å². The molecule has 1 heterocycles. The van der Waals surface area contributed by atoms with Gasteiger partial charge in [-0.3, -0.25) is 4.79 Å². The topological polar surface area (TPSA) is 74.2 Å². The number of nitrogens with one attached hydrogen (secondary N) is 2. The van der Waals surface area contributed by atoms with E-state index in [1.54, 1.807) is 13.2 Å². The number of aromatic nitrogens is 1. The number of nitrogens with zero attached hydrogens (tertiary/aromatic N) is 1. The van der Waals surface area contributed by atoms with Gasteiger partial charge in [0.25, 0.3) is 0 Å². The molecular weight excluding hydrogens is 302 g/mol. The van der Waals surface area contributed by atoms with Crippen LogP contribution < -0.4 is 10.6 Å². The third-order valence-corrected chi connectivity index (χ3v) is 4.23. The highest BCUT2D eigenvalue weighted by molar-refractivity contribution is 5.90. The van der Waals surface area contributed by atoms with Crippen LogP contribution in [-0.2, 0) is 10.2 Å². The highest BCUT2D eigenvalue weighted by Gasteiger charge is 2.32. The minimum Gasteiger partial charge on any atom is -0.395 e. The first kappa shape index (κ1) is 17.9. The molecule has 0 fully saturated rings. The number of aliphatic hydroxyl groups is 1. The SMILES string of the molecule is CNC(=O)C(C)(C)c1cnc(NCCO)cc1-c1ccccc1C. The molecule has 0 aliphatic carbocycles. The summed E-state index contributed by atoms with van der Waals surface area (Å²) in [6, 6.07) is 10.0. The van der Waals surface area contributed by atoms with Gasteiger partial charge in [-0.2, -0.15) is 0 Å². The van der Waals surface area contributed by atoms with Crippen molar-refractivity contribution in [2.45, 2.75) is 26.2 Å². The molecule has 24 heavy (non-hydrogen) atoms. The standard InChI is InChI=1S/C19H25N3O2/c1-13-7-5-6-8-14(13)15-11-17(21-9-10-23)22-12-16(15)19(2,3)18(24)20-4/h5-8,11-12,23H,9-10H2,1-4H3,(H,20,24)(H,21,22). The Labute approximate surface area is 143 Å². The van der Waals surface area contributed by atoms with Crippen molar-refractivity contribution in [2.24, 2.45) is 0 Å². The number of hydrogen-bond donors (Lipinski definition) is 3. The molecule has 0 saturated carbocycles. The molecule has 5 nitrogen and oxygen atoms in total. The number of benzene rings is 1. The summed E-state index contributed by atoms with van der Waals surface area (Å²) in [7, 11) is 1.64. The Morgan fingerprint density at radius 2 is 1.96 bits per heavy atom. The maximum Gasteiger partial charge on any atom is 0.229 e. The first-order valence-corrected chi connectivity index (χ1v) is 8.05. The van der Waals surface area contributed by atoms with Crippen molar-refractivity contribution in [3.05, 3.63) is 47.7 Å². The van der Waals surface area contributed by atoms with Crippen LogP contribution >= 0.6 is 0 Å². The number of hydrogen-bond acceptors (Lipinski definition) is 4. The average molecular weight is 327 g/mol. The molecule has 0 radical (unpaired) electrons. The van der Waals surface area contributed by atoms with Crippen molar-refractivity contribution in [1.82, 2.24) is 10.3 Å². The van der Waals surface area contributed by atoms with Crippen LogP contribution in [-0.4, -0.2) is 36.2 Å². The lowest BCUT2D eigenvalue weighted by Gasteiger charge is -2.26. The lowest BCUT2D eigenvalue weighted by molar-refractivity contribution is -0.125. The molecule has 128 valence electrons. The normalized spacial score (nSPS) is 11.2. The van der Waals surface area contributed by atoms with Gasteiger partial charge in [0.05, 0.1) is 12.0 Å². The summed E-state index contributed by atoms with van der Waals surface area (Å²) >= 11 is 0. The smallest absolute Gasteiger partial charge is 0.229 e. The quantitative estimate of drug-likeness (QED) is 0.762. The van der Waals surface area contributed by atoms with Crippen molar-refractivity contribution in [1.29, 1.82) is 0 Å². The van der Waals surface area contributed by atoms with E-state index in [0.29, 0.717) is 12.4 Å². The number of carbonyl (C=O) groups excluding carboxylic acids is 1. The second-order valence-electron chi connectivity index (χ2n) is 6.28. The lowest BCUT2D eigenvalue weighted by Crippen LogP contribution is -2.38. The van der Waals surface area contributed by atoms with Crippen LogP contribution in [0.15, 0.2) is 36.5 Å². The average Bonchev–Trinajstić information content (AvgIpc) is 2.59. The maximum absolute atomic E-state index is 12.4. The molecular formula is C19H25N3O2. The van der Waals surface area contributed by atoms with E-state index in [1.165, 1.54) is 0 Å². The Bertz CT molecular complexity index is 726. The zero-order valence-electron chi connectivity index (χ0n) is 14.7. The summed E-state index contributed by atoms with van der Waals surface area (Å²) in [5.74, 6) is 0.619. The number of carbonyl (C=O) groups is 1. The van der Waals surface area contributed by atoms with Gasteiger partial charge in [0.1, 0.15) is 5.82 Å². The molecule has 0 saturated heterocycles. The number of anilines is 1. The van der Waals surface area contributed by atoms with Gasteiger partial charge >= 0.3 is 0 Å². The monoisotopic (exact) mass is 327 g/mol. The molecule has 3 N–H and O–H groups in total. The highest BCUT2D eigenvalue weighted by atomic mass is 16.3. The minimum absolute atomic E-state index is 0.0346. The van der Waals surface area contributed by atoms with E-state index >= 15 is 0 Å². The van der Waals surface area contributed by atoms with Crippen LogP contribution in [0.3, 0.4) is 0 Å². The predicted molar refractivity (Wildman–Crippen MR) is 97.1 cm³/mol. The highest BCUT2D eigenvalue weighted by Crippen LogP contribution is 2.35. The Kier molecular flexibility index (Phi) is 5.57. The molecule has 0 aliphatic rings. The maximum atomic E-state index is 12.4. The fourth-order valence-electron chi connectivity index (χ4n) is 2.77. The lowest BCUT2D eigenvalue weighted by atomic mass is 9.79. The number of pyridine rings is 1. The van der Waals surface area contributed by atoms with Crippen LogP contribution in [0.25, 0.3) is 11.1 Å². The fourth-order valence-corrected chi connectivity index (χ4v) is 2.77. The Morgan fingerprint density at radius 3 is 2.58 bits per heavy atom. The number of aryl methyl sites for hydroxylation is 1. The van der Waals surface area contributed by atoms with Gasteiger partial charge in [-0.05, 0) is 49.1 Å². The van der Waals surface area contributed by atoms with E-state index in [4.69, 9.17) is 5.11 Å². The molecule has 0 spiro atoms. The second-order valence-corrected chi connectivity index (χ2v) is 6.28. The van der Waals surface area contributed by atoms with Crippen LogP contribution in [0.5, 0.6) is 0 Å². The van der Waals surface area contributed by atoms with Crippen LogP contribution in [0.2, 0.25) is 0 Å². The van der Waals surface area contributed by atoms with Crippen molar-refractivity contribution in [3.8, 4) is 11.1 Å². The van der Waals surface area contributed by atoms with Crippen LogP contribution in [0.4, 0.5) is 5.82 Å². The van der Waals surface area contributed by atoms with E-state index < -0.39 is 5.41 Å². The first-order chi connectivity index (χ1) is 11.4. The number of likely N-dealkylation sites (N-methyl/N-ethyl adjacent to an activating group) is 1. The second kappa shape index (κ2) is 7.45. The molecule has 2 rings (SSSR count). The van der Waals surface area contributed by atoms with Crippen molar-refractivity contribution < 1.29 is 9.90 Å². The number of rotatable bonds is 6. The molecule has 0 unspecified atom stereocenters. The van der Waals surface area contributed by atoms with Crippen LogP contribution in [0.1, 0.15) is 25.0 Å². The summed E-state index contributed by atoms with van der Waals surface area (Å²) in [6.45, 7) is 6.30. The summed E-state index contributed by atoms with van der Waals surface area (Å²) in [4.78, 5) is 16.8. The Morgan fingerprint density at radius 1 is 1.25 bits per heavy atom. The van der Waals surface area contributed by atoms with E-state index in [0.717, 1.165) is 22.3 Å². The van der Waals surface area contributed by atoms with Crippen molar-refractivity contribution >= 4 is 11.7 Å². The summed E-state index contributed by atoms with van der Waals surface area (Å²) in [5, 5.41) is 14.8. The third kappa shape index (κ3) is 3.57. The molecule has 1 aromatic heterocycles. The molecule has 1 amide bonds. The van der Waals surface area contributed by atoms with E-state index in [9.17, 15) is 4.79 Å². The minimum atomic E-state index is -0.713. The van der Waals surface area contributed by atoms with E-state index in [1.807, 2.05) is 51.1 Å². The van der Waals surface area contributed by atoms with Crippen molar-refractivity contribution in [3.63, 3.8) is 0 Å². The fraction of sp³-hybridized carbons (Fsp3) is 0.368. The largest absolute Gasteiger partial charge is 0.395 e. The summed E-state index contributed by atoms with van der Waals surface area (Å²) in [5.41, 5.74) is 3.32. The number of aliphatic hydroxyl groups excluding tert-OH is 1. The molecule has 5 heteroatoms. The van der Waals surface area contributed by atoms with Gasteiger partial charge in [-0.1, -0.05) is 24.3 Å². The Balaban J connectivity index is 2.63. The van der Waals surface area contributed by atoms with Gasteiger partial charge in [0.2, 0.25) is 5.91 Å². The van der Waals surface area contributed by atoms with E-state index in [-0.39, 0.29) is 12.5 Å². The molecule has 0 aliphatic heterocycles. The summed E-state index contributed by atoms with van der Waals surface area (Å²) in [6.07, 6.45) is 1.75.